The quantitative estimate of drug-likeness (QED) is 0.800. The molecule has 0 aromatic heterocycles. The number of para-hydroxylation sites is 1. The molecule has 2 rings (SSSR count). The molecule has 92 valence electrons. The Morgan fingerprint density at radius 3 is 2.71 bits per heavy atom. The van der Waals surface area contributed by atoms with Crippen LogP contribution in [0.2, 0.25) is 0 Å². The van der Waals surface area contributed by atoms with E-state index in [9.17, 15) is 4.79 Å². The molecular formula is C12H16N2O3. The second-order valence-electron chi connectivity index (χ2n) is 3.76. The molecule has 0 radical (unpaired) electrons. The molecule has 0 spiro atoms. The van der Waals surface area contributed by atoms with Crippen LogP contribution in [0.15, 0.2) is 18.2 Å². The zero-order valence-corrected chi connectivity index (χ0v) is 9.95. The lowest BCUT2D eigenvalue weighted by molar-refractivity contribution is -0.124. The number of carbonyl (C=O) groups excluding carboxylic acids is 1. The van der Waals surface area contributed by atoms with Gasteiger partial charge in [0.05, 0.1) is 14.2 Å². The number of nitrogens with one attached hydrogen (secondary N) is 2. The van der Waals surface area contributed by atoms with Crippen LogP contribution >= 0.6 is 0 Å². The third-order valence-corrected chi connectivity index (χ3v) is 2.78. The average Bonchev–Trinajstić information content (AvgIpc) is 2.38. The van der Waals surface area contributed by atoms with Crippen LogP contribution in [-0.2, 0) is 4.79 Å². The topological polar surface area (TPSA) is 59.6 Å². The van der Waals surface area contributed by atoms with Crippen LogP contribution in [0.25, 0.3) is 0 Å². The molecule has 1 unspecified atom stereocenters. The fraction of sp³-hybridized carbons (Fsp3) is 0.417. The summed E-state index contributed by atoms with van der Waals surface area (Å²) in [5.74, 6) is 1.19. The first-order valence-electron chi connectivity index (χ1n) is 5.50. The van der Waals surface area contributed by atoms with Crippen molar-refractivity contribution in [1.29, 1.82) is 0 Å². The Labute approximate surface area is 100 Å². The van der Waals surface area contributed by atoms with E-state index >= 15 is 0 Å². The van der Waals surface area contributed by atoms with Gasteiger partial charge in [0.25, 0.3) is 0 Å². The summed E-state index contributed by atoms with van der Waals surface area (Å²) < 4.78 is 10.5. The molecule has 1 aliphatic rings. The van der Waals surface area contributed by atoms with E-state index in [0.717, 1.165) is 12.1 Å². The van der Waals surface area contributed by atoms with Crippen molar-refractivity contribution in [3.8, 4) is 11.5 Å². The van der Waals surface area contributed by atoms with E-state index in [1.807, 2.05) is 18.2 Å². The van der Waals surface area contributed by atoms with Crippen LogP contribution in [0.4, 0.5) is 0 Å². The summed E-state index contributed by atoms with van der Waals surface area (Å²) >= 11 is 0. The van der Waals surface area contributed by atoms with Crippen molar-refractivity contribution in [3.05, 3.63) is 23.8 Å². The van der Waals surface area contributed by atoms with E-state index in [1.54, 1.807) is 14.2 Å². The average molecular weight is 236 g/mol. The van der Waals surface area contributed by atoms with Gasteiger partial charge in [-0.2, -0.15) is 0 Å². The fourth-order valence-corrected chi connectivity index (χ4v) is 1.99. The summed E-state index contributed by atoms with van der Waals surface area (Å²) in [5, 5.41) is 5.99. The van der Waals surface area contributed by atoms with Gasteiger partial charge in [0, 0.05) is 18.7 Å². The minimum atomic E-state index is -0.381. The van der Waals surface area contributed by atoms with Gasteiger partial charge >= 0.3 is 0 Å². The number of methoxy groups -OCH3 is 2. The van der Waals surface area contributed by atoms with E-state index in [-0.39, 0.29) is 11.9 Å². The molecule has 1 amide bonds. The van der Waals surface area contributed by atoms with Crippen molar-refractivity contribution in [2.45, 2.75) is 6.04 Å². The second-order valence-corrected chi connectivity index (χ2v) is 3.76. The molecule has 1 aromatic carbocycles. The first-order chi connectivity index (χ1) is 8.27. The summed E-state index contributed by atoms with van der Waals surface area (Å²) in [6.07, 6.45) is 0. The Kier molecular flexibility index (Phi) is 3.49. The molecule has 17 heavy (non-hydrogen) atoms. The molecule has 0 saturated carbocycles. The summed E-state index contributed by atoms with van der Waals surface area (Å²) in [5.41, 5.74) is 0.795. The number of benzene rings is 1. The highest BCUT2D eigenvalue weighted by atomic mass is 16.5. The van der Waals surface area contributed by atoms with Gasteiger partial charge in [-0.1, -0.05) is 12.1 Å². The highest BCUT2D eigenvalue weighted by Gasteiger charge is 2.27. The van der Waals surface area contributed by atoms with Crippen molar-refractivity contribution in [3.63, 3.8) is 0 Å². The van der Waals surface area contributed by atoms with Crippen molar-refractivity contribution in [2.24, 2.45) is 0 Å². The van der Waals surface area contributed by atoms with Gasteiger partial charge in [-0.05, 0) is 6.07 Å². The Balaban J connectivity index is 2.39. The van der Waals surface area contributed by atoms with E-state index in [1.165, 1.54) is 0 Å². The number of rotatable bonds is 3. The monoisotopic (exact) mass is 236 g/mol. The van der Waals surface area contributed by atoms with Gasteiger partial charge in [-0.15, -0.1) is 0 Å². The van der Waals surface area contributed by atoms with Gasteiger partial charge < -0.3 is 20.1 Å². The highest BCUT2D eigenvalue weighted by molar-refractivity contribution is 5.85. The summed E-state index contributed by atoms with van der Waals surface area (Å²) in [6, 6.07) is 5.14. The van der Waals surface area contributed by atoms with Crippen LogP contribution in [-0.4, -0.2) is 33.2 Å². The highest BCUT2D eigenvalue weighted by Crippen LogP contribution is 2.34. The number of piperazine rings is 1. The lowest BCUT2D eigenvalue weighted by Gasteiger charge is -2.25. The first kappa shape index (κ1) is 11.7. The first-order valence-corrected chi connectivity index (χ1v) is 5.50. The molecule has 1 fully saturated rings. The SMILES string of the molecule is COc1cccc(C2NCCNC2=O)c1OC. The minimum Gasteiger partial charge on any atom is -0.493 e. The molecule has 5 nitrogen and oxygen atoms in total. The molecule has 1 heterocycles. The Bertz CT molecular complexity index is 420. The minimum absolute atomic E-state index is 0.0391. The van der Waals surface area contributed by atoms with Crippen molar-refractivity contribution in [1.82, 2.24) is 10.6 Å². The van der Waals surface area contributed by atoms with Crippen LogP contribution in [0.3, 0.4) is 0 Å². The number of hydrogen-bond acceptors (Lipinski definition) is 4. The zero-order chi connectivity index (χ0) is 12.3. The molecular weight excluding hydrogens is 220 g/mol. The molecule has 1 atom stereocenters. The standard InChI is InChI=1S/C12H16N2O3/c1-16-9-5-3-4-8(11(9)17-2)10-12(15)14-7-6-13-10/h3-5,10,13H,6-7H2,1-2H3,(H,14,15). The summed E-state index contributed by atoms with van der Waals surface area (Å²) in [7, 11) is 3.15. The predicted octanol–water partition coefficient (Wildman–Crippen LogP) is 0.464. The van der Waals surface area contributed by atoms with E-state index in [2.05, 4.69) is 10.6 Å². The third-order valence-electron chi connectivity index (χ3n) is 2.78. The van der Waals surface area contributed by atoms with Gasteiger partial charge in [-0.25, -0.2) is 0 Å². The normalized spacial score (nSPS) is 19.6. The largest absolute Gasteiger partial charge is 0.493 e. The predicted molar refractivity (Wildman–Crippen MR) is 63.3 cm³/mol. The maximum Gasteiger partial charge on any atom is 0.241 e. The van der Waals surface area contributed by atoms with E-state index in [0.29, 0.717) is 18.0 Å². The van der Waals surface area contributed by atoms with Crippen LogP contribution in [0.1, 0.15) is 11.6 Å². The zero-order valence-electron chi connectivity index (χ0n) is 9.95. The van der Waals surface area contributed by atoms with E-state index in [4.69, 9.17) is 9.47 Å². The summed E-state index contributed by atoms with van der Waals surface area (Å²) in [6.45, 7) is 1.40. The molecule has 0 aliphatic carbocycles. The van der Waals surface area contributed by atoms with Gasteiger partial charge in [0.1, 0.15) is 6.04 Å². The van der Waals surface area contributed by atoms with Crippen LogP contribution in [0, 0.1) is 0 Å². The molecule has 1 aromatic rings. The second kappa shape index (κ2) is 5.05. The van der Waals surface area contributed by atoms with Crippen molar-refractivity contribution in [2.75, 3.05) is 27.3 Å². The number of hydrogen-bond donors (Lipinski definition) is 2. The van der Waals surface area contributed by atoms with Gasteiger partial charge in [-0.3, -0.25) is 4.79 Å². The van der Waals surface area contributed by atoms with Crippen LogP contribution < -0.4 is 20.1 Å². The van der Waals surface area contributed by atoms with Crippen LogP contribution in [0.5, 0.6) is 11.5 Å². The maximum atomic E-state index is 11.8. The smallest absolute Gasteiger partial charge is 0.241 e. The van der Waals surface area contributed by atoms with Gasteiger partial charge in [0.2, 0.25) is 5.91 Å². The van der Waals surface area contributed by atoms with Gasteiger partial charge in [0.15, 0.2) is 11.5 Å². The number of amides is 1. The lowest BCUT2D eigenvalue weighted by atomic mass is 10.0. The fourth-order valence-electron chi connectivity index (χ4n) is 1.99. The van der Waals surface area contributed by atoms with Crippen molar-refractivity contribution >= 4 is 5.91 Å². The maximum absolute atomic E-state index is 11.8. The number of ether oxygens (including phenoxy) is 2. The molecule has 2 N–H and O–H groups in total. The van der Waals surface area contributed by atoms with E-state index < -0.39 is 0 Å². The molecule has 0 bridgehead atoms. The molecule has 1 saturated heterocycles. The Morgan fingerprint density at radius 1 is 1.24 bits per heavy atom. The lowest BCUT2D eigenvalue weighted by Crippen LogP contribution is -2.47. The molecule has 1 aliphatic heterocycles. The number of carbonyl (C=O) groups is 1. The third kappa shape index (κ3) is 2.19. The Hall–Kier alpha value is -1.75. The molecule has 5 heteroatoms. The summed E-state index contributed by atoms with van der Waals surface area (Å²) in [4.78, 5) is 11.8. The van der Waals surface area contributed by atoms with Crippen molar-refractivity contribution < 1.29 is 14.3 Å². The Morgan fingerprint density at radius 2 is 2.06 bits per heavy atom.